The molecule has 1 heterocycles. The van der Waals surface area contributed by atoms with Crippen molar-refractivity contribution in [1.29, 1.82) is 0 Å². The van der Waals surface area contributed by atoms with Crippen LogP contribution in [0.15, 0.2) is 6.07 Å². The van der Waals surface area contributed by atoms with Crippen LogP contribution in [0.2, 0.25) is 0 Å². The molecule has 5 nitrogen and oxygen atoms in total. The lowest BCUT2D eigenvalue weighted by Crippen LogP contribution is -2.42. The third-order valence-electron chi connectivity index (χ3n) is 5.58. The lowest BCUT2D eigenvalue weighted by atomic mass is 10.1. The van der Waals surface area contributed by atoms with Crippen LogP contribution in [0.1, 0.15) is 81.5 Å². The number of hydrogen-bond donors (Lipinski definition) is 0. The fourth-order valence-electron chi connectivity index (χ4n) is 3.83. The van der Waals surface area contributed by atoms with Crippen molar-refractivity contribution in [1.82, 2.24) is 4.90 Å². The third-order valence-corrected chi connectivity index (χ3v) is 5.58. The van der Waals surface area contributed by atoms with Gasteiger partial charge in [0.25, 0.3) is 5.91 Å². The monoisotopic (exact) mass is 443 g/mol. The molecule has 1 aliphatic heterocycles. The van der Waals surface area contributed by atoms with Crippen LogP contribution in [0.3, 0.4) is 0 Å². The molecule has 0 radical (unpaired) electrons. The SMILES string of the molecule is CCCCCCCCCCOC(=O)C1CCCN1C(=O)c1cc(F)c(F)c(OC)c1F. The molecule has 1 atom stereocenters. The van der Waals surface area contributed by atoms with Gasteiger partial charge in [0.1, 0.15) is 6.04 Å². The predicted octanol–water partition coefficient (Wildman–Crippen LogP) is 5.40. The van der Waals surface area contributed by atoms with E-state index in [1.54, 1.807) is 0 Å². The quantitative estimate of drug-likeness (QED) is 0.247. The molecule has 1 aliphatic rings. The Morgan fingerprint density at radius 3 is 2.32 bits per heavy atom. The summed E-state index contributed by atoms with van der Waals surface area (Å²) < 4.78 is 51.8. The number of methoxy groups -OCH3 is 1. The van der Waals surface area contributed by atoms with E-state index in [0.29, 0.717) is 18.9 Å². The topological polar surface area (TPSA) is 55.8 Å². The van der Waals surface area contributed by atoms with Crippen molar-refractivity contribution in [3.8, 4) is 5.75 Å². The fourth-order valence-corrected chi connectivity index (χ4v) is 3.83. The summed E-state index contributed by atoms with van der Waals surface area (Å²) in [6, 6.07) is -0.364. The van der Waals surface area contributed by atoms with Crippen molar-refractivity contribution in [3.05, 3.63) is 29.1 Å². The molecule has 2 rings (SSSR count). The maximum Gasteiger partial charge on any atom is 0.328 e. The molecule has 0 spiro atoms. The summed E-state index contributed by atoms with van der Waals surface area (Å²) in [4.78, 5) is 26.4. The van der Waals surface area contributed by atoms with E-state index in [-0.39, 0.29) is 13.2 Å². The number of halogens is 3. The van der Waals surface area contributed by atoms with Crippen LogP contribution in [0, 0.1) is 17.5 Å². The van der Waals surface area contributed by atoms with Gasteiger partial charge in [0.15, 0.2) is 17.4 Å². The molecule has 1 unspecified atom stereocenters. The first-order chi connectivity index (χ1) is 14.9. The smallest absolute Gasteiger partial charge is 0.328 e. The summed E-state index contributed by atoms with van der Waals surface area (Å²) in [5.41, 5.74) is -0.668. The molecule has 1 saturated heterocycles. The van der Waals surface area contributed by atoms with Crippen LogP contribution in [0.5, 0.6) is 5.75 Å². The van der Waals surface area contributed by atoms with Crippen LogP contribution < -0.4 is 4.74 Å². The molecule has 1 fully saturated rings. The predicted molar refractivity (Wildman–Crippen MR) is 110 cm³/mol. The van der Waals surface area contributed by atoms with E-state index in [1.807, 2.05) is 0 Å². The zero-order valence-corrected chi connectivity index (χ0v) is 18.4. The van der Waals surface area contributed by atoms with E-state index in [0.717, 1.165) is 31.3 Å². The second kappa shape index (κ2) is 12.6. The van der Waals surface area contributed by atoms with E-state index in [9.17, 15) is 22.8 Å². The first kappa shape index (κ1) is 25.0. The molecule has 1 amide bonds. The van der Waals surface area contributed by atoms with Crippen molar-refractivity contribution in [2.45, 2.75) is 77.2 Å². The highest BCUT2D eigenvalue weighted by atomic mass is 19.2. The largest absolute Gasteiger partial charge is 0.491 e. The summed E-state index contributed by atoms with van der Waals surface area (Å²) in [7, 11) is 0.983. The Labute approximate surface area is 181 Å². The Morgan fingerprint density at radius 2 is 1.68 bits per heavy atom. The number of esters is 1. The number of hydrogen-bond acceptors (Lipinski definition) is 4. The lowest BCUT2D eigenvalue weighted by molar-refractivity contribution is -0.148. The first-order valence-corrected chi connectivity index (χ1v) is 11.1. The van der Waals surface area contributed by atoms with Crippen LogP contribution in [-0.2, 0) is 9.53 Å². The Balaban J connectivity index is 1.88. The van der Waals surface area contributed by atoms with E-state index < -0.39 is 46.7 Å². The molecule has 1 aromatic carbocycles. The number of carbonyl (C=O) groups is 2. The van der Waals surface area contributed by atoms with Gasteiger partial charge in [-0.15, -0.1) is 0 Å². The molecule has 0 aromatic heterocycles. The van der Waals surface area contributed by atoms with Crippen molar-refractivity contribution in [2.24, 2.45) is 0 Å². The highest BCUT2D eigenvalue weighted by Gasteiger charge is 2.37. The number of nitrogens with zero attached hydrogens (tertiary/aromatic N) is 1. The number of ether oxygens (including phenoxy) is 2. The lowest BCUT2D eigenvalue weighted by Gasteiger charge is -2.24. The average molecular weight is 444 g/mol. The maximum absolute atomic E-state index is 14.5. The molecular weight excluding hydrogens is 411 g/mol. The zero-order valence-electron chi connectivity index (χ0n) is 18.4. The van der Waals surface area contributed by atoms with Crippen LogP contribution >= 0.6 is 0 Å². The standard InChI is InChI=1S/C23H32F3NO4/c1-3-4-5-6-7-8-9-10-14-31-23(29)18-12-11-13-27(18)22(28)16-15-17(24)20(26)21(30-2)19(16)25/h15,18H,3-14H2,1-2H3. The summed E-state index contributed by atoms with van der Waals surface area (Å²) in [5.74, 6) is -6.58. The highest BCUT2D eigenvalue weighted by Crippen LogP contribution is 2.30. The Bertz CT molecular complexity index is 757. The van der Waals surface area contributed by atoms with E-state index in [4.69, 9.17) is 4.74 Å². The highest BCUT2D eigenvalue weighted by molar-refractivity contribution is 5.97. The number of unbranched alkanes of at least 4 members (excludes halogenated alkanes) is 7. The van der Waals surface area contributed by atoms with Crippen molar-refractivity contribution < 1.29 is 32.2 Å². The van der Waals surface area contributed by atoms with Gasteiger partial charge < -0.3 is 14.4 Å². The van der Waals surface area contributed by atoms with Gasteiger partial charge in [-0.05, 0) is 25.3 Å². The zero-order chi connectivity index (χ0) is 22.8. The van der Waals surface area contributed by atoms with Gasteiger partial charge in [-0.1, -0.05) is 51.9 Å². The number of amides is 1. The second-order valence-electron chi connectivity index (χ2n) is 7.87. The third kappa shape index (κ3) is 6.61. The first-order valence-electron chi connectivity index (χ1n) is 11.1. The van der Waals surface area contributed by atoms with Gasteiger partial charge in [-0.3, -0.25) is 4.79 Å². The van der Waals surface area contributed by atoms with Gasteiger partial charge >= 0.3 is 5.97 Å². The Hall–Kier alpha value is -2.25. The van der Waals surface area contributed by atoms with Crippen molar-refractivity contribution >= 4 is 11.9 Å². The molecule has 1 aromatic rings. The van der Waals surface area contributed by atoms with E-state index >= 15 is 0 Å². The number of carbonyl (C=O) groups excluding carboxylic acids is 2. The van der Waals surface area contributed by atoms with E-state index in [2.05, 4.69) is 11.7 Å². The normalized spacial score (nSPS) is 15.9. The van der Waals surface area contributed by atoms with Gasteiger partial charge in [0.2, 0.25) is 5.82 Å². The average Bonchev–Trinajstić information content (AvgIpc) is 3.25. The number of benzene rings is 1. The van der Waals surface area contributed by atoms with Gasteiger partial charge in [-0.25, -0.2) is 13.6 Å². The minimum absolute atomic E-state index is 0.205. The van der Waals surface area contributed by atoms with Crippen LogP contribution in [0.25, 0.3) is 0 Å². The molecule has 0 saturated carbocycles. The number of likely N-dealkylation sites (tertiary alicyclic amines) is 1. The van der Waals surface area contributed by atoms with Crippen LogP contribution in [-0.4, -0.2) is 43.1 Å². The summed E-state index contributed by atoms with van der Waals surface area (Å²) in [6.07, 6.45) is 9.83. The maximum atomic E-state index is 14.5. The summed E-state index contributed by atoms with van der Waals surface area (Å²) >= 11 is 0. The van der Waals surface area contributed by atoms with E-state index in [1.165, 1.54) is 32.1 Å². The van der Waals surface area contributed by atoms with Crippen LogP contribution in [0.4, 0.5) is 13.2 Å². The van der Waals surface area contributed by atoms with Gasteiger partial charge in [0, 0.05) is 6.54 Å². The van der Waals surface area contributed by atoms with Gasteiger partial charge in [0.05, 0.1) is 19.3 Å². The molecule has 31 heavy (non-hydrogen) atoms. The fraction of sp³-hybridized carbons (Fsp3) is 0.652. The molecule has 0 bridgehead atoms. The minimum Gasteiger partial charge on any atom is -0.491 e. The minimum atomic E-state index is -1.50. The second-order valence-corrected chi connectivity index (χ2v) is 7.87. The molecular formula is C23H32F3NO4. The Kier molecular flexibility index (Phi) is 10.1. The summed E-state index contributed by atoms with van der Waals surface area (Å²) in [5, 5.41) is 0. The van der Waals surface area contributed by atoms with Gasteiger partial charge in [-0.2, -0.15) is 4.39 Å². The van der Waals surface area contributed by atoms with Crippen molar-refractivity contribution in [2.75, 3.05) is 20.3 Å². The molecule has 174 valence electrons. The van der Waals surface area contributed by atoms with Crippen molar-refractivity contribution in [3.63, 3.8) is 0 Å². The summed E-state index contributed by atoms with van der Waals surface area (Å²) in [6.45, 7) is 2.65. The molecule has 8 heteroatoms. The Morgan fingerprint density at radius 1 is 1.03 bits per heavy atom. The molecule has 0 aliphatic carbocycles. The number of rotatable bonds is 12. The molecule has 0 N–H and O–H groups in total.